The Hall–Kier alpha value is -2.20. The minimum atomic E-state index is -0.864. The zero-order valence-electron chi connectivity index (χ0n) is 19.5. The summed E-state index contributed by atoms with van der Waals surface area (Å²) in [5, 5.41) is 2.64. The van der Waals surface area contributed by atoms with Crippen molar-refractivity contribution in [1.82, 2.24) is 5.32 Å². The molecule has 0 aliphatic carbocycles. The highest BCUT2D eigenvalue weighted by atomic mass is 16.8. The van der Waals surface area contributed by atoms with Crippen LogP contribution in [0.4, 0.5) is 4.79 Å². The molecule has 3 rings (SSSR count). The first-order valence-electron chi connectivity index (χ1n) is 10.7. The van der Waals surface area contributed by atoms with Gasteiger partial charge in [-0.1, -0.05) is 30.3 Å². The van der Waals surface area contributed by atoms with Gasteiger partial charge in [0.2, 0.25) is 0 Å². The number of amides is 1. The SMILES string of the molecule is CO[C@H]1[C@H]2OC(C)(C)O[C@H]2O[C@@H]1[C@H](CNC(=O)OC(C)(C)C)C(=O)OCc1ccccc1. The highest BCUT2D eigenvalue weighted by molar-refractivity contribution is 5.75. The third-order valence-corrected chi connectivity index (χ3v) is 5.09. The molecule has 0 saturated carbocycles. The number of carbonyl (C=O) groups excluding carboxylic acids is 2. The monoisotopic (exact) mass is 451 g/mol. The average molecular weight is 452 g/mol. The molecule has 9 heteroatoms. The second-order valence-corrected chi connectivity index (χ2v) is 9.35. The molecule has 1 aromatic rings. The molecular weight excluding hydrogens is 418 g/mol. The van der Waals surface area contributed by atoms with Crippen LogP contribution in [0, 0.1) is 5.92 Å². The third-order valence-electron chi connectivity index (χ3n) is 5.09. The van der Waals surface area contributed by atoms with Crippen molar-refractivity contribution in [3.8, 4) is 0 Å². The van der Waals surface area contributed by atoms with Gasteiger partial charge in [-0.05, 0) is 40.2 Å². The summed E-state index contributed by atoms with van der Waals surface area (Å²) in [6, 6.07) is 9.33. The van der Waals surface area contributed by atoms with Crippen LogP contribution in [0.25, 0.3) is 0 Å². The second kappa shape index (κ2) is 9.74. The molecule has 5 atom stereocenters. The predicted octanol–water partition coefficient (Wildman–Crippen LogP) is 2.76. The van der Waals surface area contributed by atoms with Crippen molar-refractivity contribution in [2.24, 2.45) is 5.92 Å². The molecule has 1 aromatic carbocycles. The standard InChI is InChI=1S/C23H33NO8/c1-22(2,3)32-21(26)24-12-15(19(25)28-13-14-10-8-7-9-11-14)16-17(27-6)18-20(29-16)31-23(4,5)30-18/h7-11,15-18,20H,12-13H2,1-6H3,(H,24,26)/t15-,16+,17+,18+,20+/m0/s1. The highest BCUT2D eigenvalue weighted by Gasteiger charge is 2.58. The molecule has 9 nitrogen and oxygen atoms in total. The van der Waals surface area contributed by atoms with E-state index in [1.807, 2.05) is 30.3 Å². The van der Waals surface area contributed by atoms with E-state index in [9.17, 15) is 9.59 Å². The highest BCUT2D eigenvalue weighted by Crippen LogP contribution is 2.40. The molecule has 0 radical (unpaired) electrons. The number of carbonyl (C=O) groups is 2. The Morgan fingerprint density at radius 2 is 1.84 bits per heavy atom. The molecule has 1 N–H and O–H groups in total. The third kappa shape index (κ3) is 6.19. The lowest BCUT2D eigenvalue weighted by atomic mass is 9.96. The number of rotatable bonds is 7. The second-order valence-electron chi connectivity index (χ2n) is 9.35. The van der Waals surface area contributed by atoms with Gasteiger partial charge in [-0.2, -0.15) is 0 Å². The summed E-state index contributed by atoms with van der Waals surface area (Å²) in [4.78, 5) is 25.3. The number of ether oxygens (including phenoxy) is 6. The Kier molecular flexibility index (Phi) is 7.44. The minimum absolute atomic E-state index is 0.0596. The number of nitrogens with one attached hydrogen (secondary N) is 1. The van der Waals surface area contributed by atoms with Crippen LogP contribution in [-0.4, -0.2) is 61.7 Å². The summed E-state index contributed by atoms with van der Waals surface area (Å²) in [7, 11) is 1.52. The Labute approximate surface area is 188 Å². The molecule has 0 spiro atoms. The lowest BCUT2D eigenvalue weighted by molar-refractivity contribution is -0.224. The van der Waals surface area contributed by atoms with Gasteiger partial charge in [0.1, 0.15) is 36.4 Å². The van der Waals surface area contributed by atoms with Gasteiger partial charge in [0.15, 0.2) is 12.1 Å². The predicted molar refractivity (Wildman–Crippen MR) is 113 cm³/mol. The van der Waals surface area contributed by atoms with E-state index in [2.05, 4.69) is 5.32 Å². The minimum Gasteiger partial charge on any atom is -0.460 e. The van der Waals surface area contributed by atoms with Gasteiger partial charge in [-0.15, -0.1) is 0 Å². The van der Waals surface area contributed by atoms with Crippen molar-refractivity contribution in [2.75, 3.05) is 13.7 Å². The average Bonchev–Trinajstić information content (AvgIpc) is 3.17. The van der Waals surface area contributed by atoms with Crippen molar-refractivity contribution in [3.63, 3.8) is 0 Å². The Balaban J connectivity index is 1.72. The largest absolute Gasteiger partial charge is 0.460 e. The summed E-state index contributed by atoms with van der Waals surface area (Å²) in [5.74, 6) is -2.22. The van der Waals surface area contributed by atoms with Crippen molar-refractivity contribution in [3.05, 3.63) is 35.9 Å². The maximum Gasteiger partial charge on any atom is 0.407 e. The molecule has 2 heterocycles. The molecule has 0 aromatic heterocycles. The molecule has 1 amide bonds. The first-order chi connectivity index (χ1) is 15.0. The molecule has 2 saturated heterocycles. The number of fused-ring (bicyclic) bond motifs is 1. The van der Waals surface area contributed by atoms with Crippen LogP contribution in [0.2, 0.25) is 0 Å². The van der Waals surface area contributed by atoms with E-state index in [0.29, 0.717) is 0 Å². The summed E-state index contributed by atoms with van der Waals surface area (Å²) in [5.41, 5.74) is 0.178. The van der Waals surface area contributed by atoms with Gasteiger partial charge in [-0.25, -0.2) is 4.79 Å². The van der Waals surface area contributed by atoms with E-state index in [1.54, 1.807) is 34.6 Å². The van der Waals surface area contributed by atoms with E-state index in [0.717, 1.165) is 5.56 Å². The van der Waals surface area contributed by atoms with Gasteiger partial charge in [0.25, 0.3) is 0 Å². The zero-order valence-corrected chi connectivity index (χ0v) is 19.5. The summed E-state index contributed by atoms with van der Waals surface area (Å²) >= 11 is 0. The molecule has 178 valence electrons. The molecular formula is C23H33NO8. The molecule has 2 aliphatic rings. The Morgan fingerprint density at radius 3 is 2.47 bits per heavy atom. The maximum absolute atomic E-state index is 13.1. The first-order valence-corrected chi connectivity index (χ1v) is 10.7. The molecule has 2 aliphatic heterocycles. The fraction of sp³-hybridized carbons (Fsp3) is 0.652. The smallest absolute Gasteiger partial charge is 0.407 e. The van der Waals surface area contributed by atoms with Crippen molar-refractivity contribution >= 4 is 12.1 Å². The Morgan fingerprint density at radius 1 is 1.16 bits per heavy atom. The Bertz CT molecular complexity index is 791. The van der Waals surface area contributed by atoms with Crippen LogP contribution < -0.4 is 5.32 Å². The van der Waals surface area contributed by atoms with Gasteiger partial charge >= 0.3 is 12.1 Å². The number of esters is 1. The quantitative estimate of drug-likeness (QED) is 0.632. The van der Waals surface area contributed by atoms with Crippen LogP contribution in [0.1, 0.15) is 40.2 Å². The van der Waals surface area contributed by atoms with Crippen LogP contribution in [0.5, 0.6) is 0 Å². The van der Waals surface area contributed by atoms with E-state index < -0.39 is 54.0 Å². The number of hydrogen-bond acceptors (Lipinski definition) is 8. The first kappa shape index (κ1) is 24.4. The maximum atomic E-state index is 13.1. The number of hydrogen-bond donors (Lipinski definition) is 1. The number of methoxy groups -OCH3 is 1. The fourth-order valence-electron chi connectivity index (χ4n) is 3.77. The topological polar surface area (TPSA) is 102 Å². The van der Waals surface area contributed by atoms with Crippen LogP contribution in [-0.2, 0) is 39.8 Å². The van der Waals surface area contributed by atoms with Crippen LogP contribution in [0.3, 0.4) is 0 Å². The normalized spacial score (nSPS) is 27.4. The van der Waals surface area contributed by atoms with Gasteiger partial charge in [0.05, 0.1) is 0 Å². The summed E-state index contributed by atoms with van der Waals surface area (Å²) < 4.78 is 34.2. The van der Waals surface area contributed by atoms with Gasteiger partial charge < -0.3 is 33.7 Å². The lowest BCUT2D eigenvalue weighted by Crippen LogP contribution is -2.47. The number of benzene rings is 1. The van der Waals surface area contributed by atoms with Crippen molar-refractivity contribution < 1.29 is 38.0 Å². The summed E-state index contributed by atoms with van der Waals surface area (Å²) in [6.07, 6.45) is -3.17. The van der Waals surface area contributed by atoms with Crippen LogP contribution >= 0.6 is 0 Å². The molecule has 32 heavy (non-hydrogen) atoms. The van der Waals surface area contributed by atoms with E-state index >= 15 is 0 Å². The summed E-state index contributed by atoms with van der Waals surface area (Å²) in [6.45, 7) is 8.89. The molecule has 0 unspecified atom stereocenters. The van der Waals surface area contributed by atoms with Crippen molar-refractivity contribution in [2.45, 2.75) is 77.2 Å². The van der Waals surface area contributed by atoms with Crippen molar-refractivity contribution in [1.29, 1.82) is 0 Å². The van der Waals surface area contributed by atoms with Crippen LogP contribution in [0.15, 0.2) is 30.3 Å². The lowest BCUT2D eigenvalue weighted by Gasteiger charge is -2.29. The van der Waals surface area contributed by atoms with Gasteiger partial charge in [-0.3, -0.25) is 4.79 Å². The number of alkyl carbamates (subject to hydrolysis) is 1. The fourth-order valence-corrected chi connectivity index (χ4v) is 3.77. The molecule has 0 bridgehead atoms. The molecule has 2 fully saturated rings. The van der Waals surface area contributed by atoms with E-state index in [-0.39, 0.29) is 13.2 Å². The zero-order chi connectivity index (χ0) is 23.5. The van der Waals surface area contributed by atoms with E-state index in [1.165, 1.54) is 7.11 Å². The van der Waals surface area contributed by atoms with Gasteiger partial charge in [0, 0.05) is 13.7 Å². The van der Waals surface area contributed by atoms with E-state index in [4.69, 9.17) is 28.4 Å².